The van der Waals surface area contributed by atoms with E-state index in [1.165, 1.54) is 26.4 Å². The molecule has 0 aromatic heterocycles. The maximum atomic E-state index is 13.0. The van der Waals surface area contributed by atoms with Crippen LogP contribution >= 0.6 is 0 Å². The zero-order valence-electron chi connectivity index (χ0n) is 17.4. The number of benzene rings is 3. The van der Waals surface area contributed by atoms with E-state index in [-0.39, 0.29) is 22.7 Å². The molecular weight excluding hydrogens is 414 g/mol. The number of amides is 1. The molecule has 0 aliphatic carbocycles. The number of carbonyl (C=O) groups excluding carboxylic acids is 1. The molecular formula is C23H21N3O6. The topological polar surface area (TPSA) is 123 Å². The first-order chi connectivity index (χ1) is 15.4. The molecule has 0 fully saturated rings. The highest BCUT2D eigenvalue weighted by Crippen LogP contribution is 2.34. The Kier molecular flexibility index (Phi) is 6.81. The van der Waals surface area contributed by atoms with Crippen LogP contribution in [0.25, 0.3) is 0 Å². The van der Waals surface area contributed by atoms with Gasteiger partial charge in [0.1, 0.15) is 0 Å². The molecule has 0 unspecified atom stereocenters. The Hall–Kier alpha value is -4.24. The van der Waals surface area contributed by atoms with E-state index in [0.717, 1.165) is 6.21 Å². The van der Waals surface area contributed by atoms with E-state index in [2.05, 4.69) is 10.5 Å². The predicted molar refractivity (Wildman–Crippen MR) is 118 cm³/mol. The fourth-order valence-corrected chi connectivity index (χ4v) is 3.17. The first-order valence-corrected chi connectivity index (χ1v) is 9.49. The Bertz CT molecular complexity index is 1090. The number of rotatable bonds is 8. The number of nitro groups is 1. The van der Waals surface area contributed by atoms with Crippen LogP contribution in [0.2, 0.25) is 0 Å². The van der Waals surface area contributed by atoms with E-state index in [4.69, 9.17) is 9.47 Å². The van der Waals surface area contributed by atoms with Crippen LogP contribution in [0.5, 0.6) is 11.5 Å². The molecule has 1 amide bonds. The van der Waals surface area contributed by atoms with Crippen LogP contribution in [-0.4, -0.2) is 36.4 Å². The Labute approximate surface area is 184 Å². The number of hydrogen-bond acceptors (Lipinski definition) is 7. The fourth-order valence-electron chi connectivity index (χ4n) is 3.17. The number of hydrogen-bond donors (Lipinski definition) is 2. The molecule has 9 nitrogen and oxygen atoms in total. The van der Waals surface area contributed by atoms with Gasteiger partial charge in [0.2, 0.25) is 0 Å². The number of ether oxygens (including phenoxy) is 2. The monoisotopic (exact) mass is 435 g/mol. The normalized spacial score (nSPS) is 11.2. The quantitative estimate of drug-likeness (QED) is 0.319. The van der Waals surface area contributed by atoms with E-state index in [9.17, 15) is 20.0 Å². The van der Waals surface area contributed by atoms with E-state index in [1.54, 1.807) is 60.7 Å². The molecule has 164 valence electrons. The van der Waals surface area contributed by atoms with E-state index >= 15 is 0 Å². The van der Waals surface area contributed by atoms with E-state index in [0.29, 0.717) is 11.1 Å². The number of carbonyl (C=O) groups is 1. The fraction of sp³-hybridized carbons (Fsp3) is 0.130. The molecule has 0 radical (unpaired) electrons. The lowest BCUT2D eigenvalue weighted by atomic mass is 9.85. The lowest BCUT2D eigenvalue weighted by molar-refractivity contribution is -0.385. The van der Waals surface area contributed by atoms with Crippen molar-refractivity contribution in [2.24, 2.45) is 5.10 Å². The Morgan fingerprint density at radius 2 is 1.50 bits per heavy atom. The summed E-state index contributed by atoms with van der Waals surface area (Å²) in [5, 5.41) is 26.7. The van der Waals surface area contributed by atoms with Crippen molar-refractivity contribution in [3.63, 3.8) is 0 Å². The minimum atomic E-state index is -2.02. The molecule has 3 aromatic rings. The van der Waals surface area contributed by atoms with Gasteiger partial charge in [0, 0.05) is 0 Å². The zero-order valence-corrected chi connectivity index (χ0v) is 17.4. The van der Waals surface area contributed by atoms with Crippen molar-refractivity contribution in [3.05, 3.63) is 99.6 Å². The molecule has 9 heteroatoms. The number of aliphatic hydroxyl groups is 1. The van der Waals surface area contributed by atoms with Crippen LogP contribution in [0.3, 0.4) is 0 Å². The second-order valence-electron chi connectivity index (χ2n) is 6.66. The summed E-state index contributed by atoms with van der Waals surface area (Å²) < 4.78 is 10.3. The molecule has 0 aliphatic heterocycles. The Morgan fingerprint density at radius 1 is 1.00 bits per heavy atom. The highest BCUT2D eigenvalue weighted by atomic mass is 16.6. The summed E-state index contributed by atoms with van der Waals surface area (Å²) >= 11 is 0. The van der Waals surface area contributed by atoms with Gasteiger partial charge in [-0.15, -0.1) is 0 Å². The minimum absolute atomic E-state index is 0.0795. The second kappa shape index (κ2) is 9.71. The number of nitrogens with zero attached hydrogens (tertiary/aromatic N) is 2. The van der Waals surface area contributed by atoms with Crippen molar-refractivity contribution in [1.82, 2.24) is 5.43 Å². The first-order valence-electron chi connectivity index (χ1n) is 9.49. The van der Waals surface area contributed by atoms with Crippen LogP contribution < -0.4 is 14.9 Å². The maximum absolute atomic E-state index is 13.0. The molecule has 0 aliphatic rings. The largest absolute Gasteiger partial charge is 0.493 e. The van der Waals surface area contributed by atoms with Crippen molar-refractivity contribution in [1.29, 1.82) is 0 Å². The van der Waals surface area contributed by atoms with Gasteiger partial charge in [0.15, 0.2) is 17.1 Å². The third-order valence-corrected chi connectivity index (χ3v) is 4.81. The van der Waals surface area contributed by atoms with Gasteiger partial charge in [-0.05, 0) is 17.2 Å². The van der Waals surface area contributed by atoms with E-state index < -0.39 is 16.4 Å². The minimum Gasteiger partial charge on any atom is -0.493 e. The Morgan fingerprint density at radius 3 is 1.97 bits per heavy atom. The second-order valence-corrected chi connectivity index (χ2v) is 6.66. The molecule has 3 aromatic carbocycles. The van der Waals surface area contributed by atoms with Gasteiger partial charge in [-0.25, -0.2) is 5.43 Å². The van der Waals surface area contributed by atoms with Gasteiger partial charge in [0.25, 0.3) is 11.6 Å². The molecule has 3 rings (SSSR count). The molecule has 0 atom stereocenters. The summed E-state index contributed by atoms with van der Waals surface area (Å²) in [7, 11) is 2.76. The molecule has 2 N–H and O–H groups in total. The van der Waals surface area contributed by atoms with Gasteiger partial charge < -0.3 is 14.6 Å². The number of nitro benzene ring substituents is 1. The number of methoxy groups -OCH3 is 2. The van der Waals surface area contributed by atoms with Gasteiger partial charge in [0.05, 0.1) is 37.0 Å². The van der Waals surface area contributed by atoms with Crippen molar-refractivity contribution < 1.29 is 24.3 Å². The third-order valence-electron chi connectivity index (χ3n) is 4.81. The van der Waals surface area contributed by atoms with E-state index in [1.807, 2.05) is 0 Å². The summed E-state index contributed by atoms with van der Waals surface area (Å²) in [6.45, 7) is 0. The van der Waals surface area contributed by atoms with Crippen LogP contribution in [-0.2, 0) is 10.4 Å². The molecule has 0 spiro atoms. The van der Waals surface area contributed by atoms with Crippen molar-refractivity contribution in [2.45, 2.75) is 5.60 Å². The summed E-state index contributed by atoms with van der Waals surface area (Å²) in [5.74, 6) is -0.381. The lowest BCUT2D eigenvalue weighted by Gasteiger charge is -2.27. The smallest absolute Gasteiger partial charge is 0.282 e. The van der Waals surface area contributed by atoms with Crippen LogP contribution in [0, 0.1) is 10.1 Å². The Balaban J connectivity index is 1.95. The summed E-state index contributed by atoms with van der Waals surface area (Å²) in [6.07, 6.45) is 1.11. The number of hydrazone groups is 1. The average molecular weight is 435 g/mol. The van der Waals surface area contributed by atoms with Crippen molar-refractivity contribution in [2.75, 3.05) is 14.2 Å². The highest BCUT2D eigenvalue weighted by molar-refractivity contribution is 5.92. The standard InChI is InChI=1S/C23H21N3O6/c1-31-20-13-16(19(26(29)30)14-21(20)32-2)15-24-25-22(27)23(28,17-9-5-3-6-10-17)18-11-7-4-8-12-18/h3-15,28H,1-2H3,(H,25,27)/b24-15-. The third kappa shape index (κ3) is 4.42. The summed E-state index contributed by atoms with van der Waals surface area (Å²) in [5.41, 5.74) is 0.739. The van der Waals surface area contributed by atoms with Crippen molar-refractivity contribution in [3.8, 4) is 11.5 Å². The summed E-state index contributed by atoms with van der Waals surface area (Å²) in [6, 6.07) is 19.4. The average Bonchev–Trinajstić information content (AvgIpc) is 2.83. The van der Waals surface area contributed by atoms with Gasteiger partial charge in [-0.2, -0.15) is 5.10 Å². The van der Waals surface area contributed by atoms with Crippen LogP contribution in [0.1, 0.15) is 16.7 Å². The van der Waals surface area contributed by atoms with Crippen molar-refractivity contribution >= 4 is 17.8 Å². The molecule has 0 saturated carbocycles. The zero-order chi connectivity index (χ0) is 23.1. The van der Waals surface area contributed by atoms with Crippen LogP contribution in [0.4, 0.5) is 5.69 Å². The van der Waals surface area contributed by atoms with Gasteiger partial charge >= 0.3 is 0 Å². The summed E-state index contributed by atoms with van der Waals surface area (Å²) in [4.78, 5) is 23.9. The maximum Gasteiger partial charge on any atom is 0.282 e. The van der Waals surface area contributed by atoms with Gasteiger partial charge in [-0.3, -0.25) is 14.9 Å². The molecule has 32 heavy (non-hydrogen) atoms. The highest BCUT2D eigenvalue weighted by Gasteiger charge is 2.39. The first kappa shape index (κ1) is 22.4. The molecule has 0 heterocycles. The molecule has 0 bridgehead atoms. The molecule has 0 saturated heterocycles. The van der Waals surface area contributed by atoms with Gasteiger partial charge in [-0.1, -0.05) is 60.7 Å². The number of nitrogens with one attached hydrogen (secondary N) is 1. The van der Waals surface area contributed by atoms with Crippen LogP contribution in [0.15, 0.2) is 77.9 Å². The predicted octanol–water partition coefficient (Wildman–Crippen LogP) is 3.00. The lowest BCUT2D eigenvalue weighted by Crippen LogP contribution is -2.43. The SMILES string of the molecule is COc1cc(/C=N\NC(=O)C(O)(c2ccccc2)c2ccccc2)c([N+](=O)[O-])cc1OC.